The number of hydrogen-bond donors (Lipinski definition) is 2. The van der Waals surface area contributed by atoms with Crippen LogP contribution in [0.15, 0.2) is 24.5 Å². The molecule has 0 aliphatic rings. The van der Waals surface area contributed by atoms with E-state index in [1.165, 1.54) is 6.33 Å². The van der Waals surface area contributed by atoms with Gasteiger partial charge >= 0.3 is 0 Å². The third-order valence-electron chi connectivity index (χ3n) is 2.90. The van der Waals surface area contributed by atoms with Crippen molar-refractivity contribution >= 4 is 17.2 Å². The van der Waals surface area contributed by atoms with E-state index in [9.17, 15) is 0 Å². The van der Waals surface area contributed by atoms with Crippen molar-refractivity contribution in [1.82, 2.24) is 9.97 Å². The van der Waals surface area contributed by atoms with Gasteiger partial charge in [0.25, 0.3) is 0 Å². The van der Waals surface area contributed by atoms with Gasteiger partial charge in [0.2, 0.25) is 5.88 Å². The molecule has 0 aliphatic heterocycles. The lowest BCUT2D eigenvalue weighted by Gasteiger charge is -2.14. The van der Waals surface area contributed by atoms with Crippen molar-refractivity contribution in [2.75, 3.05) is 24.8 Å². The fourth-order valence-corrected chi connectivity index (χ4v) is 1.84. The molecule has 2 rings (SSSR count). The van der Waals surface area contributed by atoms with Gasteiger partial charge in [0.15, 0.2) is 5.82 Å². The maximum absolute atomic E-state index is 6.05. The number of nitrogen functional groups attached to an aromatic ring is 1. The largest absolute Gasteiger partial charge is 0.495 e. The summed E-state index contributed by atoms with van der Waals surface area (Å²) >= 11 is 0. The van der Waals surface area contributed by atoms with Crippen LogP contribution in [0.25, 0.3) is 0 Å². The fourth-order valence-electron chi connectivity index (χ4n) is 1.84. The van der Waals surface area contributed by atoms with E-state index in [0.29, 0.717) is 24.0 Å². The monoisotopic (exact) mass is 288 g/mol. The first kappa shape index (κ1) is 14.9. The molecular formula is C15H20N4O2. The number of anilines is 3. The second-order valence-corrected chi connectivity index (χ2v) is 4.62. The number of ether oxygens (including phenoxy) is 2. The molecule has 0 atom stereocenters. The van der Waals surface area contributed by atoms with Crippen molar-refractivity contribution < 1.29 is 9.47 Å². The fraction of sp³-hybridized carbons (Fsp3) is 0.333. The second-order valence-electron chi connectivity index (χ2n) is 4.62. The van der Waals surface area contributed by atoms with Crippen molar-refractivity contribution in [2.45, 2.75) is 20.3 Å². The number of benzene rings is 1. The van der Waals surface area contributed by atoms with Crippen molar-refractivity contribution in [3.8, 4) is 11.6 Å². The summed E-state index contributed by atoms with van der Waals surface area (Å²) in [6, 6.07) is 5.83. The smallest absolute Gasteiger partial charge is 0.242 e. The van der Waals surface area contributed by atoms with Gasteiger partial charge in [-0.15, -0.1) is 0 Å². The van der Waals surface area contributed by atoms with Crippen LogP contribution in [0.4, 0.5) is 17.2 Å². The lowest BCUT2D eigenvalue weighted by Crippen LogP contribution is -2.06. The summed E-state index contributed by atoms with van der Waals surface area (Å²) < 4.78 is 10.8. The van der Waals surface area contributed by atoms with Gasteiger partial charge in [-0.25, -0.2) is 4.98 Å². The Balaban J connectivity index is 2.29. The van der Waals surface area contributed by atoms with Gasteiger partial charge in [0.1, 0.15) is 17.8 Å². The molecule has 3 N–H and O–H groups in total. The van der Waals surface area contributed by atoms with E-state index in [-0.39, 0.29) is 0 Å². The Labute approximate surface area is 124 Å². The Kier molecular flexibility index (Phi) is 4.81. The molecule has 0 unspecified atom stereocenters. The summed E-state index contributed by atoms with van der Waals surface area (Å²) in [6.45, 7) is 4.59. The normalized spacial score (nSPS) is 10.2. The first-order valence-electron chi connectivity index (χ1n) is 6.80. The number of nitrogens with one attached hydrogen (secondary N) is 1. The Morgan fingerprint density at radius 3 is 2.81 bits per heavy atom. The molecule has 6 nitrogen and oxygen atoms in total. The third-order valence-corrected chi connectivity index (χ3v) is 2.90. The van der Waals surface area contributed by atoms with E-state index in [1.807, 2.05) is 32.0 Å². The van der Waals surface area contributed by atoms with Gasteiger partial charge in [-0.05, 0) is 31.0 Å². The zero-order valence-corrected chi connectivity index (χ0v) is 12.5. The molecule has 0 fully saturated rings. The molecule has 0 radical (unpaired) electrons. The molecule has 0 bridgehead atoms. The number of nitrogens with two attached hydrogens (primary N) is 1. The van der Waals surface area contributed by atoms with Crippen LogP contribution >= 0.6 is 0 Å². The van der Waals surface area contributed by atoms with Gasteiger partial charge in [-0.2, -0.15) is 4.98 Å². The van der Waals surface area contributed by atoms with Gasteiger partial charge in [-0.3, -0.25) is 0 Å². The van der Waals surface area contributed by atoms with E-state index >= 15 is 0 Å². The number of aromatic nitrogens is 2. The van der Waals surface area contributed by atoms with E-state index in [2.05, 4.69) is 15.3 Å². The van der Waals surface area contributed by atoms with Gasteiger partial charge in [0, 0.05) is 0 Å². The molecule has 21 heavy (non-hydrogen) atoms. The van der Waals surface area contributed by atoms with E-state index in [0.717, 1.165) is 23.4 Å². The lowest BCUT2D eigenvalue weighted by molar-refractivity contribution is 0.307. The SMILES string of the molecule is CCCOc1ncnc(Nc2cc(C)ccc2OC)c1N. The minimum atomic E-state index is 0.384. The number of rotatable bonds is 6. The van der Waals surface area contributed by atoms with Crippen LogP contribution in [-0.4, -0.2) is 23.7 Å². The minimum Gasteiger partial charge on any atom is -0.495 e. The maximum Gasteiger partial charge on any atom is 0.242 e. The van der Waals surface area contributed by atoms with Crippen molar-refractivity contribution in [3.05, 3.63) is 30.1 Å². The van der Waals surface area contributed by atoms with E-state index in [1.54, 1.807) is 7.11 Å². The van der Waals surface area contributed by atoms with Gasteiger partial charge in [0.05, 0.1) is 19.4 Å². The summed E-state index contributed by atoms with van der Waals surface area (Å²) in [7, 11) is 1.62. The van der Waals surface area contributed by atoms with E-state index in [4.69, 9.17) is 15.2 Å². The van der Waals surface area contributed by atoms with Crippen molar-refractivity contribution in [3.63, 3.8) is 0 Å². The van der Waals surface area contributed by atoms with Crippen LogP contribution in [0.1, 0.15) is 18.9 Å². The number of nitrogens with zero attached hydrogens (tertiary/aromatic N) is 2. The van der Waals surface area contributed by atoms with E-state index < -0.39 is 0 Å². The average molecular weight is 288 g/mol. The molecule has 112 valence electrons. The Morgan fingerprint density at radius 1 is 1.29 bits per heavy atom. The predicted octanol–water partition coefficient (Wildman–Crippen LogP) is 2.91. The van der Waals surface area contributed by atoms with Crippen LogP contribution < -0.4 is 20.5 Å². The highest BCUT2D eigenvalue weighted by Gasteiger charge is 2.11. The van der Waals surface area contributed by atoms with Crippen LogP contribution in [-0.2, 0) is 0 Å². The Bertz CT molecular complexity index is 617. The standard InChI is InChI=1S/C15H20N4O2/c1-4-7-21-15-13(16)14(17-9-18-15)19-11-8-10(2)5-6-12(11)20-3/h5-6,8-9H,4,7,16H2,1-3H3,(H,17,18,19). The van der Waals surface area contributed by atoms with Crippen LogP contribution in [0.3, 0.4) is 0 Å². The van der Waals surface area contributed by atoms with Crippen LogP contribution in [0.5, 0.6) is 11.6 Å². The predicted molar refractivity (Wildman–Crippen MR) is 83.2 cm³/mol. The number of aryl methyl sites for hydroxylation is 1. The summed E-state index contributed by atoms with van der Waals surface area (Å²) in [4.78, 5) is 8.21. The lowest BCUT2D eigenvalue weighted by atomic mass is 10.2. The highest BCUT2D eigenvalue weighted by atomic mass is 16.5. The van der Waals surface area contributed by atoms with Crippen molar-refractivity contribution in [1.29, 1.82) is 0 Å². The average Bonchev–Trinajstić information content (AvgIpc) is 2.48. The molecule has 1 aromatic carbocycles. The summed E-state index contributed by atoms with van der Waals surface area (Å²) in [5.74, 6) is 1.61. The zero-order chi connectivity index (χ0) is 15.2. The molecule has 0 amide bonds. The number of hydrogen-bond acceptors (Lipinski definition) is 6. The van der Waals surface area contributed by atoms with Crippen LogP contribution in [0.2, 0.25) is 0 Å². The summed E-state index contributed by atoms with van der Waals surface area (Å²) in [5.41, 5.74) is 8.33. The molecular weight excluding hydrogens is 268 g/mol. The summed E-state index contributed by atoms with van der Waals surface area (Å²) in [6.07, 6.45) is 2.31. The molecule has 0 saturated carbocycles. The highest BCUT2D eigenvalue weighted by Crippen LogP contribution is 2.32. The first-order valence-corrected chi connectivity index (χ1v) is 6.80. The zero-order valence-electron chi connectivity index (χ0n) is 12.5. The molecule has 1 heterocycles. The van der Waals surface area contributed by atoms with Gasteiger partial charge < -0.3 is 20.5 Å². The quantitative estimate of drug-likeness (QED) is 0.850. The number of methoxy groups -OCH3 is 1. The first-order chi connectivity index (χ1) is 10.2. The molecule has 0 aliphatic carbocycles. The molecule has 6 heteroatoms. The third kappa shape index (κ3) is 3.53. The maximum atomic E-state index is 6.05. The summed E-state index contributed by atoms with van der Waals surface area (Å²) in [5, 5.41) is 3.17. The molecule has 1 aromatic heterocycles. The Hall–Kier alpha value is -2.50. The Morgan fingerprint density at radius 2 is 2.10 bits per heavy atom. The molecule has 0 saturated heterocycles. The topological polar surface area (TPSA) is 82.3 Å². The minimum absolute atomic E-state index is 0.384. The highest BCUT2D eigenvalue weighted by molar-refractivity contribution is 5.75. The van der Waals surface area contributed by atoms with Crippen molar-refractivity contribution in [2.24, 2.45) is 0 Å². The molecule has 0 spiro atoms. The molecule has 2 aromatic rings. The second kappa shape index (κ2) is 6.78. The van der Waals surface area contributed by atoms with Gasteiger partial charge in [-0.1, -0.05) is 13.0 Å². The van der Waals surface area contributed by atoms with Crippen LogP contribution in [0, 0.1) is 6.92 Å².